The molecule has 0 bridgehead atoms. The Labute approximate surface area is 85.8 Å². The van der Waals surface area contributed by atoms with Crippen molar-refractivity contribution in [3.05, 3.63) is 0 Å². The first-order valence-electron chi connectivity index (χ1n) is 5.38. The Hall–Kier alpha value is -0.860. The highest BCUT2D eigenvalue weighted by atomic mass is 16.5. The molecule has 0 fully saturated rings. The Morgan fingerprint density at radius 1 is 1.00 bits per heavy atom. The highest BCUT2D eigenvalue weighted by molar-refractivity contribution is 5.82. The van der Waals surface area contributed by atoms with Crippen molar-refractivity contribution in [3.63, 3.8) is 0 Å². The van der Waals surface area contributed by atoms with Gasteiger partial charge in [-0.1, -0.05) is 20.3 Å². The van der Waals surface area contributed by atoms with Gasteiger partial charge in [0.1, 0.15) is 5.78 Å². The van der Waals surface area contributed by atoms with E-state index in [0.29, 0.717) is 19.4 Å². The van der Waals surface area contributed by atoms with E-state index >= 15 is 0 Å². The molecule has 0 saturated carbocycles. The summed E-state index contributed by atoms with van der Waals surface area (Å²) in [6, 6.07) is 0. The Balaban J connectivity index is 3.41. The summed E-state index contributed by atoms with van der Waals surface area (Å²) < 4.78 is 4.85. The zero-order valence-electron chi connectivity index (χ0n) is 9.17. The van der Waals surface area contributed by atoms with Crippen LogP contribution in [0.15, 0.2) is 0 Å². The quantitative estimate of drug-likeness (QED) is 0.565. The third-order valence-corrected chi connectivity index (χ3v) is 1.88. The summed E-state index contributed by atoms with van der Waals surface area (Å²) in [5.41, 5.74) is 0. The van der Waals surface area contributed by atoms with Gasteiger partial charge in [0.25, 0.3) is 0 Å². The molecule has 0 atom stereocenters. The van der Waals surface area contributed by atoms with Crippen LogP contribution < -0.4 is 0 Å². The minimum absolute atomic E-state index is 0.167. The van der Waals surface area contributed by atoms with Gasteiger partial charge < -0.3 is 4.74 Å². The monoisotopic (exact) mass is 200 g/mol. The molecule has 0 N–H and O–H groups in total. The van der Waals surface area contributed by atoms with Gasteiger partial charge >= 0.3 is 5.97 Å². The summed E-state index contributed by atoms with van der Waals surface area (Å²) in [5.74, 6) is -0.0861. The fraction of sp³-hybridized carbons (Fsp3) is 0.818. The van der Waals surface area contributed by atoms with E-state index in [1.807, 2.05) is 13.8 Å². The van der Waals surface area contributed by atoms with Gasteiger partial charge in [0.15, 0.2) is 0 Å². The van der Waals surface area contributed by atoms with Crippen LogP contribution in [-0.4, -0.2) is 18.4 Å². The highest BCUT2D eigenvalue weighted by Gasteiger charge is 2.06. The smallest absolute Gasteiger partial charge is 0.306 e. The van der Waals surface area contributed by atoms with Gasteiger partial charge in [0.05, 0.1) is 13.0 Å². The predicted octanol–water partition coefficient (Wildman–Crippen LogP) is 2.48. The predicted molar refractivity (Wildman–Crippen MR) is 55.0 cm³/mol. The minimum atomic E-state index is -0.253. The van der Waals surface area contributed by atoms with Crippen LogP contribution in [0.3, 0.4) is 0 Å². The second kappa shape index (κ2) is 8.73. The lowest BCUT2D eigenvalue weighted by molar-refractivity contribution is -0.144. The minimum Gasteiger partial charge on any atom is -0.466 e. The van der Waals surface area contributed by atoms with Gasteiger partial charge in [0.2, 0.25) is 0 Å². The Morgan fingerprint density at radius 2 is 1.71 bits per heavy atom. The molecule has 0 aromatic heterocycles. The zero-order chi connectivity index (χ0) is 10.8. The summed E-state index contributed by atoms with van der Waals surface area (Å²) >= 11 is 0. The fourth-order valence-electron chi connectivity index (χ4n) is 1.03. The van der Waals surface area contributed by atoms with E-state index in [1.165, 1.54) is 0 Å². The van der Waals surface area contributed by atoms with Crippen LogP contribution in [0.1, 0.15) is 52.4 Å². The molecule has 0 aromatic carbocycles. The highest BCUT2D eigenvalue weighted by Crippen LogP contribution is 2.02. The molecule has 0 aromatic rings. The first kappa shape index (κ1) is 13.1. The lowest BCUT2D eigenvalue weighted by atomic mass is 10.1. The fourth-order valence-corrected chi connectivity index (χ4v) is 1.03. The van der Waals surface area contributed by atoms with Crippen LogP contribution in [0.4, 0.5) is 0 Å². The second-order valence-electron chi connectivity index (χ2n) is 3.36. The number of rotatable bonds is 8. The van der Waals surface area contributed by atoms with E-state index in [-0.39, 0.29) is 18.2 Å². The standard InChI is InChI=1S/C11H20O3/c1-3-5-6-10(12)7-8-11(13)14-9-4-2/h3-9H2,1-2H3. The average molecular weight is 200 g/mol. The van der Waals surface area contributed by atoms with Crippen LogP contribution in [0.5, 0.6) is 0 Å². The van der Waals surface area contributed by atoms with E-state index in [2.05, 4.69) is 0 Å². The number of carbonyl (C=O) groups excluding carboxylic acids is 2. The maximum absolute atomic E-state index is 11.2. The van der Waals surface area contributed by atoms with E-state index in [0.717, 1.165) is 19.3 Å². The number of hydrogen-bond donors (Lipinski definition) is 0. The maximum atomic E-state index is 11.2. The van der Waals surface area contributed by atoms with E-state index < -0.39 is 0 Å². The summed E-state index contributed by atoms with van der Waals surface area (Å²) in [5, 5.41) is 0. The van der Waals surface area contributed by atoms with Crippen LogP contribution in [0.25, 0.3) is 0 Å². The molecular formula is C11H20O3. The van der Waals surface area contributed by atoms with E-state index in [4.69, 9.17) is 4.74 Å². The normalized spacial score (nSPS) is 9.86. The number of esters is 1. The van der Waals surface area contributed by atoms with Crippen molar-refractivity contribution in [2.45, 2.75) is 52.4 Å². The Kier molecular flexibility index (Phi) is 8.19. The number of ether oxygens (including phenoxy) is 1. The third kappa shape index (κ3) is 7.77. The molecule has 0 radical (unpaired) electrons. The van der Waals surface area contributed by atoms with Crippen molar-refractivity contribution in [3.8, 4) is 0 Å². The molecule has 0 amide bonds. The zero-order valence-corrected chi connectivity index (χ0v) is 9.17. The molecule has 3 heteroatoms. The molecule has 0 aliphatic heterocycles. The number of unbranched alkanes of at least 4 members (excludes halogenated alkanes) is 1. The van der Waals surface area contributed by atoms with E-state index in [9.17, 15) is 9.59 Å². The number of ketones is 1. The van der Waals surface area contributed by atoms with Crippen molar-refractivity contribution in [1.29, 1.82) is 0 Å². The molecule has 14 heavy (non-hydrogen) atoms. The Bertz CT molecular complexity index is 155. The molecule has 0 spiro atoms. The van der Waals surface area contributed by atoms with Gasteiger partial charge in [-0.25, -0.2) is 0 Å². The van der Waals surface area contributed by atoms with Gasteiger partial charge in [-0.2, -0.15) is 0 Å². The lowest BCUT2D eigenvalue weighted by Crippen LogP contribution is -2.08. The molecular weight excluding hydrogens is 180 g/mol. The number of carbonyl (C=O) groups is 2. The van der Waals surface area contributed by atoms with Crippen molar-refractivity contribution in [2.24, 2.45) is 0 Å². The third-order valence-electron chi connectivity index (χ3n) is 1.88. The Morgan fingerprint density at radius 3 is 2.29 bits per heavy atom. The largest absolute Gasteiger partial charge is 0.466 e. The topological polar surface area (TPSA) is 43.4 Å². The van der Waals surface area contributed by atoms with Crippen LogP contribution >= 0.6 is 0 Å². The van der Waals surface area contributed by atoms with Crippen molar-refractivity contribution >= 4 is 11.8 Å². The average Bonchev–Trinajstić information content (AvgIpc) is 2.20. The number of hydrogen-bond acceptors (Lipinski definition) is 3. The van der Waals surface area contributed by atoms with Crippen LogP contribution in [0.2, 0.25) is 0 Å². The molecule has 82 valence electrons. The van der Waals surface area contributed by atoms with Crippen molar-refractivity contribution in [2.75, 3.05) is 6.61 Å². The summed E-state index contributed by atoms with van der Waals surface area (Å²) in [6.45, 7) is 4.45. The molecule has 0 aliphatic rings. The maximum Gasteiger partial charge on any atom is 0.306 e. The SMILES string of the molecule is CCCCC(=O)CCC(=O)OCCC. The summed E-state index contributed by atoms with van der Waals surface area (Å²) in [4.78, 5) is 22.2. The summed E-state index contributed by atoms with van der Waals surface area (Å²) in [7, 11) is 0. The van der Waals surface area contributed by atoms with Crippen molar-refractivity contribution in [1.82, 2.24) is 0 Å². The first-order valence-corrected chi connectivity index (χ1v) is 5.38. The molecule has 0 rings (SSSR count). The van der Waals surface area contributed by atoms with E-state index in [1.54, 1.807) is 0 Å². The van der Waals surface area contributed by atoms with Crippen LogP contribution in [0, 0.1) is 0 Å². The molecule has 0 heterocycles. The van der Waals surface area contributed by atoms with Gasteiger partial charge in [-0.15, -0.1) is 0 Å². The summed E-state index contributed by atoms with van der Waals surface area (Å²) in [6.07, 6.45) is 3.94. The lowest BCUT2D eigenvalue weighted by Gasteiger charge is -2.02. The first-order chi connectivity index (χ1) is 6.70. The number of Topliss-reactive ketones (excluding diaryl/α,β-unsaturated/α-hetero) is 1. The molecule has 0 aliphatic carbocycles. The van der Waals surface area contributed by atoms with Gasteiger partial charge in [-0.3, -0.25) is 9.59 Å². The van der Waals surface area contributed by atoms with Crippen molar-refractivity contribution < 1.29 is 14.3 Å². The second-order valence-corrected chi connectivity index (χ2v) is 3.36. The van der Waals surface area contributed by atoms with Crippen LogP contribution in [-0.2, 0) is 14.3 Å². The van der Waals surface area contributed by atoms with Gasteiger partial charge in [0, 0.05) is 12.8 Å². The molecule has 0 saturated heterocycles. The molecule has 3 nitrogen and oxygen atoms in total. The van der Waals surface area contributed by atoms with Gasteiger partial charge in [-0.05, 0) is 12.8 Å². The molecule has 0 unspecified atom stereocenters.